The molecule has 0 saturated heterocycles. The van der Waals surface area contributed by atoms with Crippen molar-refractivity contribution in [1.29, 1.82) is 0 Å². The van der Waals surface area contributed by atoms with E-state index < -0.39 is 54.3 Å². The van der Waals surface area contributed by atoms with Gasteiger partial charge in [0.1, 0.15) is 5.75 Å². The number of carbonyl (C=O) groups excluding carboxylic acids is 2. The van der Waals surface area contributed by atoms with E-state index in [-0.39, 0.29) is 11.8 Å². The van der Waals surface area contributed by atoms with Gasteiger partial charge < -0.3 is 14.8 Å². The molecule has 0 unspecified atom stereocenters. The highest BCUT2D eigenvalue weighted by molar-refractivity contribution is 5.94. The van der Waals surface area contributed by atoms with Gasteiger partial charge in [-0.05, 0) is 42.0 Å². The third-order valence-corrected chi connectivity index (χ3v) is 3.73. The Kier molecular flexibility index (Phi) is 8.01. The van der Waals surface area contributed by atoms with Crippen molar-refractivity contribution in [2.24, 2.45) is 0 Å². The first-order valence-corrected chi connectivity index (χ1v) is 8.73. The maximum absolute atomic E-state index is 12.8. The smallest absolute Gasteiger partial charge is 0.416 e. The van der Waals surface area contributed by atoms with E-state index >= 15 is 0 Å². The fourth-order valence-corrected chi connectivity index (χ4v) is 2.33. The lowest BCUT2D eigenvalue weighted by atomic mass is 10.1. The summed E-state index contributed by atoms with van der Waals surface area (Å²) in [5, 5.41) is 1.80. The van der Waals surface area contributed by atoms with Gasteiger partial charge >= 0.3 is 24.9 Å². The predicted molar refractivity (Wildman–Crippen MR) is 98.1 cm³/mol. The topological polar surface area (TPSA) is 64.6 Å². The summed E-state index contributed by atoms with van der Waals surface area (Å²) in [6.07, 6.45) is -8.12. The predicted octanol–water partition coefficient (Wildman–Crippen LogP) is 5.52. The fraction of sp³-hybridized carbons (Fsp3) is 0.200. The maximum Gasteiger partial charge on any atom is 0.416 e. The Balaban J connectivity index is 1.97. The number of ether oxygens (including phenoxy) is 2. The molecule has 1 N–H and O–H groups in total. The van der Waals surface area contributed by atoms with Crippen molar-refractivity contribution in [2.45, 2.75) is 19.0 Å². The summed E-state index contributed by atoms with van der Waals surface area (Å²) in [5.41, 5.74) is -3.67. The van der Waals surface area contributed by atoms with Crippen molar-refractivity contribution in [3.8, 4) is 5.75 Å². The van der Waals surface area contributed by atoms with Gasteiger partial charge in [-0.2, -0.15) is 35.1 Å². The lowest BCUT2D eigenvalue weighted by Gasteiger charge is -2.14. The van der Waals surface area contributed by atoms with Crippen molar-refractivity contribution in [1.82, 2.24) is 0 Å². The number of alkyl halides is 8. The number of rotatable bonds is 7. The summed E-state index contributed by atoms with van der Waals surface area (Å²) in [4.78, 5) is 23.4. The van der Waals surface area contributed by atoms with Crippen molar-refractivity contribution in [2.75, 3.05) is 11.9 Å². The third-order valence-electron chi connectivity index (χ3n) is 3.73. The van der Waals surface area contributed by atoms with Crippen molar-refractivity contribution in [3.05, 3.63) is 65.2 Å². The normalized spacial score (nSPS) is 12.2. The minimum absolute atomic E-state index is 0.105. The molecule has 0 bridgehead atoms. The molecule has 2 aromatic carbocycles. The zero-order valence-electron chi connectivity index (χ0n) is 16.1. The molecular formula is C20H13F8NO4. The molecule has 0 saturated carbocycles. The van der Waals surface area contributed by atoms with Crippen LogP contribution in [0.1, 0.15) is 16.7 Å². The number of hydrogen-bond acceptors (Lipinski definition) is 4. The molecule has 5 nitrogen and oxygen atoms in total. The quantitative estimate of drug-likeness (QED) is 0.320. The van der Waals surface area contributed by atoms with Gasteiger partial charge in [0, 0.05) is 11.8 Å². The highest BCUT2D eigenvalue weighted by atomic mass is 19.4. The summed E-state index contributed by atoms with van der Waals surface area (Å²) in [6.45, 7) is -4.01. The Morgan fingerprint density at radius 1 is 0.909 bits per heavy atom. The number of nitrogens with one attached hydrogen (secondary N) is 1. The van der Waals surface area contributed by atoms with Crippen LogP contribution in [0, 0.1) is 0 Å². The zero-order chi connectivity index (χ0) is 24.8. The number of carbonyl (C=O) groups is 2. The standard InChI is InChI=1S/C20H13F8NO4/c21-18(22)33-15-4-1-11(2-5-15)3-6-17(31)32-10-16(30)29-14-8-12(19(23,24)25)7-13(9-14)20(26,27)28/h1-9,18H,10H2,(H,29,30). The average molecular weight is 483 g/mol. The molecule has 0 aliphatic heterocycles. The van der Waals surface area contributed by atoms with Crippen LogP contribution in [-0.2, 0) is 26.7 Å². The molecule has 0 spiro atoms. The van der Waals surface area contributed by atoms with E-state index in [0.29, 0.717) is 17.7 Å². The molecule has 0 heterocycles. The van der Waals surface area contributed by atoms with Crippen molar-refractivity contribution in [3.63, 3.8) is 0 Å². The monoisotopic (exact) mass is 483 g/mol. The first-order valence-electron chi connectivity index (χ1n) is 8.73. The number of anilines is 1. The van der Waals surface area contributed by atoms with Gasteiger partial charge in [-0.3, -0.25) is 4.79 Å². The minimum Gasteiger partial charge on any atom is -0.452 e. The lowest BCUT2D eigenvalue weighted by molar-refractivity contribution is -0.143. The average Bonchev–Trinajstić information content (AvgIpc) is 2.70. The second kappa shape index (κ2) is 10.3. The van der Waals surface area contributed by atoms with E-state index in [1.165, 1.54) is 30.3 Å². The van der Waals surface area contributed by atoms with E-state index in [2.05, 4.69) is 9.47 Å². The number of hydrogen-bond donors (Lipinski definition) is 1. The molecule has 0 aliphatic carbocycles. The van der Waals surface area contributed by atoms with Crippen LogP contribution in [0.2, 0.25) is 0 Å². The number of amides is 1. The van der Waals surface area contributed by atoms with Gasteiger partial charge in [-0.1, -0.05) is 12.1 Å². The molecular weight excluding hydrogens is 470 g/mol. The van der Waals surface area contributed by atoms with Crippen LogP contribution in [0.15, 0.2) is 48.5 Å². The van der Waals surface area contributed by atoms with Crippen LogP contribution in [0.4, 0.5) is 40.8 Å². The van der Waals surface area contributed by atoms with Crippen LogP contribution in [0.3, 0.4) is 0 Å². The van der Waals surface area contributed by atoms with E-state index in [9.17, 15) is 44.7 Å². The Labute approximate surface area is 180 Å². The first kappa shape index (κ1) is 25.6. The molecule has 178 valence electrons. The van der Waals surface area contributed by atoms with Gasteiger partial charge in [-0.15, -0.1) is 0 Å². The van der Waals surface area contributed by atoms with Gasteiger partial charge in [0.05, 0.1) is 11.1 Å². The van der Waals surface area contributed by atoms with Crippen LogP contribution in [0.25, 0.3) is 6.08 Å². The molecule has 13 heteroatoms. The molecule has 0 atom stereocenters. The Hall–Kier alpha value is -3.64. The van der Waals surface area contributed by atoms with Gasteiger partial charge in [0.15, 0.2) is 6.61 Å². The van der Waals surface area contributed by atoms with Gasteiger partial charge in [0.25, 0.3) is 5.91 Å². The number of esters is 1. The van der Waals surface area contributed by atoms with E-state index in [4.69, 9.17) is 0 Å². The first-order chi connectivity index (χ1) is 15.2. The van der Waals surface area contributed by atoms with Gasteiger partial charge in [0.2, 0.25) is 0 Å². The van der Waals surface area contributed by atoms with E-state index in [1.807, 2.05) is 0 Å². The zero-order valence-corrected chi connectivity index (χ0v) is 16.1. The second-order valence-electron chi connectivity index (χ2n) is 6.23. The highest BCUT2D eigenvalue weighted by Gasteiger charge is 2.37. The molecule has 0 radical (unpaired) electrons. The van der Waals surface area contributed by atoms with Gasteiger partial charge in [-0.25, -0.2) is 4.79 Å². The van der Waals surface area contributed by atoms with Crippen LogP contribution in [-0.4, -0.2) is 25.1 Å². The summed E-state index contributed by atoms with van der Waals surface area (Å²) in [7, 11) is 0. The lowest BCUT2D eigenvalue weighted by Crippen LogP contribution is -2.21. The SMILES string of the molecule is O=C(COC(=O)C=Cc1ccc(OC(F)F)cc1)Nc1cc(C(F)(F)F)cc(C(F)(F)F)c1. The molecule has 2 rings (SSSR count). The van der Waals surface area contributed by atoms with Crippen molar-refractivity contribution >= 4 is 23.6 Å². The Morgan fingerprint density at radius 2 is 1.45 bits per heavy atom. The van der Waals surface area contributed by atoms with E-state index in [0.717, 1.165) is 6.08 Å². The molecule has 2 aromatic rings. The largest absolute Gasteiger partial charge is 0.452 e. The highest BCUT2D eigenvalue weighted by Crippen LogP contribution is 2.37. The minimum atomic E-state index is -5.10. The summed E-state index contributed by atoms with van der Waals surface area (Å²) in [5.74, 6) is -2.36. The Bertz CT molecular complexity index is 982. The number of benzene rings is 2. The van der Waals surface area contributed by atoms with E-state index in [1.54, 1.807) is 5.32 Å². The van der Waals surface area contributed by atoms with Crippen molar-refractivity contribution < 1.29 is 54.2 Å². The molecule has 0 aromatic heterocycles. The second-order valence-corrected chi connectivity index (χ2v) is 6.23. The maximum atomic E-state index is 12.8. The van der Waals surface area contributed by atoms with Crippen LogP contribution in [0.5, 0.6) is 5.75 Å². The number of halogens is 8. The van der Waals surface area contributed by atoms with Crippen LogP contribution >= 0.6 is 0 Å². The fourth-order valence-electron chi connectivity index (χ4n) is 2.33. The molecule has 33 heavy (non-hydrogen) atoms. The third kappa shape index (κ3) is 8.43. The summed E-state index contributed by atoms with van der Waals surface area (Å²) >= 11 is 0. The molecule has 1 amide bonds. The Morgan fingerprint density at radius 3 is 1.94 bits per heavy atom. The summed E-state index contributed by atoms with van der Waals surface area (Å²) < 4.78 is 110. The summed E-state index contributed by atoms with van der Waals surface area (Å²) in [6, 6.07) is 5.57. The molecule has 0 fully saturated rings. The van der Waals surface area contributed by atoms with Crippen LogP contribution < -0.4 is 10.1 Å². The molecule has 0 aliphatic rings.